The Hall–Kier alpha value is -1.19. The fraction of sp³-hybridized carbons (Fsp3) is 0.286. The van der Waals surface area contributed by atoms with Gasteiger partial charge < -0.3 is 5.32 Å². The second kappa shape index (κ2) is 5.94. The maximum atomic E-state index is 13.7. The number of halogens is 1. The fourth-order valence-electron chi connectivity index (χ4n) is 1.87. The van der Waals surface area contributed by atoms with Crippen LogP contribution in [0.2, 0.25) is 0 Å². The summed E-state index contributed by atoms with van der Waals surface area (Å²) in [5.41, 5.74) is 2.01. The van der Waals surface area contributed by atoms with E-state index in [2.05, 4.69) is 29.1 Å². The Morgan fingerprint density at radius 1 is 1.29 bits per heavy atom. The van der Waals surface area contributed by atoms with Crippen molar-refractivity contribution in [2.24, 2.45) is 0 Å². The summed E-state index contributed by atoms with van der Waals surface area (Å²) in [6.45, 7) is 2.86. The van der Waals surface area contributed by atoms with E-state index in [1.165, 1.54) is 11.6 Å². The van der Waals surface area contributed by atoms with Crippen molar-refractivity contribution in [2.75, 3.05) is 0 Å². The van der Waals surface area contributed by atoms with Gasteiger partial charge in [-0.1, -0.05) is 25.1 Å². The molecule has 0 saturated heterocycles. The molecule has 0 spiro atoms. The fourth-order valence-corrected chi connectivity index (χ4v) is 2.53. The topological polar surface area (TPSA) is 12.0 Å². The lowest BCUT2D eigenvalue weighted by Gasteiger charge is -2.17. The minimum absolute atomic E-state index is 0.0797. The van der Waals surface area contributed by atoms with Gasteiger partial charge in [-0.3, -0.25) is 0 Å². The molecule has 3 heteroatoms. The highest BCUT2D eigenvalue weighted by Gasteiger charge is 2.12. The Kier molecular flexibility index (Phi) is 4.29. The number of hydrogen-bond acceptors (Lipinski definition) is 2. The zero-order chi connectivity index (χ0) is 12.1. The molecule has 1 unspecified atom stereocenters. The number of rotatable bonds is 5. The standard InChI is InChI=1S/C14H16FNS/c1-2-14(12-5-3-4-6-13(12)15)16-9-11-7-8-17-10-11/h3-8,10,14,16H,2,9H2,1H3. The quantitative estimate of drug-likeness (QED) is 0.840. The molecule has 1 aromatic heterocycles. The molecule has 0 amide bonds. The second-order valence-corrected chi connectivity index (χ2v) is 4.77. The highest BCUT2D eigenvalue weighted by atomic mass is 32.1. The van der Waals surface area contributed by atoms with Gasteiger partial charge in [0.25, 0.3) is 0 Å². The predicted octanol–water partition coefficient (Wildman–Crippen LogP) is 4.13. The van der Waals surface area contributed by atoms with E-state index in [-0.39, 0.29) is 11.9 Å². The SMILES string of the molecule is CCC(NCc1ccsc1)c1ccccc1F. The number of nitrogens with one attached hydrogen (secondary N) is 1. The van der Waals surface area contributed by atoms with Crippen molar-refractivity contribution in [1.82, 2.24) is 5.32 Å². The zero-order valence-corrected chi connectivity index (χ0v) is 10.6. The molecule has 90 valence electrons. The van der Waals surface area contributed by atoms with Crippen molar-refractivity contribution in [3.63, 3.8) is 0 Å². The summed E-state index contributed by atoms with van der Waals surface area (Å²) in [4.78, 5) is 0. The van der Waals surface area contributed by atoms with Crippen LogP contribution in [0, 0.1) is 5.82 Å². The highest BCUT2D eigenvalue weighted by molar-refractivity contribution is 7.07. The maximum absolute atomic E-state index is 13.7. The first-order valence-corrected chi connectivity index (χ1v) is 6.74. The lowest BCUT2D eigenvalue weighted by Crippen LogP contribution is -2.20. The molecule has 0 fully saturated rings. The van der Waals surface area contributed by atoms with Crippen LogP contribution < -0.4 is 5.32 Å². The molecule has 0 aliphatic carbocycles. The summed E-state index contributed by atoms with van der Waals surface area (Å²) in [5.74, 6) is -0.128. The Balaban J connectivity index is 2.04. The van der Waals surface area contributed by atoms with E-state index < -0.39 is 0 Å². The maximum Gasteiger partial charge on any atom is 0.127 e. The van der Waals surface area contributed by atoms with Gasteiger partial charge in [-0.15, -0.1) is 0 Å². The second-order valence-electron chi connectivity index (χ2n) is 3.99. The molecule has 2 aromatic rings. The summed E-state index contributed by atoms with van der Waals surface area (Å²) in [6, 6.07) is 9.15. The molecule has 0 bridgehead atoms. The summed E-state index contributed by atoms with van der Waals surface area (Å²) >= 11 is 1.68. The minimum atomic E-state index is -0.128. The molecule has 0 saturated carbocycles. The molecular weight excluding hydrogens is 233 g/mol. The third-order valence-corrected chi connectivity index (χ3v) is 3.55. The van der Waals surface area contributed by atoms with Crippen LogP contribution in [0.5, 0.6) is 0 Å². The molecule has 0 radical (unpaired) electrons. The third kappa shape index (κ3) is 3.14. The number of benzene rings is 1. The number of thiophene rings is 1. The van der Waals surface area contributed by atoms with Crippen molar-refractivity contribution >= 4 is 11.3 Å². The zero-order valence-electron chi connectivity index (χ0n) is 9.82. The van der Waals surface area contributed by atoms with Gasteiger partial charge >= 0.3 is 0 Å². The minimum Gasteiger partial charge on any atom is -0.306 e. The Morgan fingerprint density at radius 2 is 2.12 bits per heavy atom. The monoisotopic (exact) mass is 249 g/mol. The summed E-state index contributed by atoms with van der Waals surface area (Å²) < 4.78 is 13.7. The van der Waals surface area contributed by atoms with Crippen molar-refractivity contribution in [1.29, 1.82) is 0 Å². The van der Waals surface area contributed by atoms with E-state index >= 15 is 0 Å². The molecule has 1 nitrogen and oxygen atoms in total. The largest absolute Gasteiger partial charge is 0.306 e. The summed E-state index contributed by atoms with van der Waals surface area (Å²) in [7, 11) is 0. The van der Waals surface area contributed by atoms with E-state index in [0.717, 1.165) is 18.5 Å². The average molecular weight is 249 g/mol. The predicted molar refractivity (Wildman–Crippen MR) is 70.6 cm³/mol. The van der Waals surface area contributed by atoms with Gasteiger partial charge in [-0.05, 0) is 34.9 Å². The smallest absolute Gasteiger partial charge is 0.127 e. The molecule has 1 heterocycles. The average Bonchev–Trinajstić information content (AvgIpc) is 2.85. The number of hydrogen-bond donors (Lipinski definition) is 1. The van der Waals surface area contributed by atoms with Crippen molar-refractivity contribution in [3.8, 4) is 0 Å². The van der Waals surface area contributed by atoms with Gasteiger partial charge in [0.2, 0.25) is 0 Å². The van der Waals surface area contributed by atoms with Crippen molar-refractivity contribution < 1.29 is 4.39 Å². The van der Waals surface area contributed by atoms with E-state index in [1.54, 1.807) is 17.4 Å². The van der Waals surface area contributed by atoms with E-state index in [1.807, 2.05) is 12.1 Å². The molecule has 1 atom stereocenters. The Labute approximate surface area is 105 Å². The van der Waals surface area contributed by atoms with Gasteiger partial charge in [0.05, 0.1) is 0 Å². The van der Waals surface area contributed by atoms with Crippen LogP contribution in [0.3, 0.4) is 0 Å². The van der Waals surface area contributed by atoms with Crippen LogP contribution in [0.1, 0.15) is 30.5 Å². The highest BCUT2D eigenvalue weighted by Crippen LogP contribution is 2.20. The van der Waals surface area contributed by atoms with Crippen LogP contribution in [-0.4, -0.2) is 0 Å². The van der Waals surface area contributed by atoms with Crippen LogP contribution in [0.4, 0.5) is 4.39 Å². The van der Waals surface area contributed by atoms with Gasteiger partial charge in [-0.25, -0.2) is 4.39 Å². The first-order chi connectivity index (χ1) is 8.31. The molecule has 1 aromatic carbocycles. The van der Waals surface area contributed by atoms with Crippen LogP contribution in [0.25, 0.3) is 0 Å². The lowest BCUT2D eigenvalue weighted by atomic mass is 10.0. The van der Waals surface area contributed by atoms with Gasteiger partial charge in [0.1, 0.15) is 5.82 Å². The molecule has 17 heavy (non-hydrogen) atoms. The van der Waals surface area contributed by atoms with Gasteiger partial charge in [-0.2, -0.15) is 11.3 Å². The third-order valence-electron chi connectivity index (χ3n) is 2.82. The first-order valence-electron chi connectivity index (χ1n) is 5.80. The molecule has 0 aliphatic heterocycles. The lowest BCUT2D eigenvalue weighted by molar-refractivity contribution is 0.488. The molecule has 2 rings (SSSR count). The summed E-state index contributed by atoms with van der Waals surface area (Å²) in [5, 5.41) is 7.56. The van der Waals surface area contributed by atoms with Gasteiger partial charge in [0, 0.05) is 18.2 Å². The normalized spacial score (nSPS) is 12.6. The first kappa shape index (κ1) is 12.3. The van der Waals surface area contributed by atoms with Crippen molar-refractivity contribution in [3.05, 3.63) is 58.0 Å². The van der Waals surface area contributed by atoms with E-state index in [9.17, 15) is 4.39 Å². The molecule has 0 aliphatic rings. The van der Waals surface area contributed by atoms with Gasteiger partial charge in [0.15, 0.2) is 0 Å². The van der Waals surface area contributed by atoms with E-state index in [0.29, 0.717) is 0 Å². The van der Waals surface area contributed by atoms with Crippen LogP contribution in [0.15, 0.2) is 41.1 Å². The van der Waals surface area contributed by atoms with E-state index in [4.69, 9.17) is 0 Å². The Morgan fingerprint density at radius 3 is 2.76 bits per heavy atom. The van der Waals surface area contributed by atoms with Crippen LogP contribution in [-0.2, 0) is 6.54 Å². The molecule has 1 N–H and O–H groups in total. The summed E-state index contributed by atoms with van der Waals surface area (Å²) in [6.07, 6.45) is 0.880. The Bertz CT molecular complexity index is 453. The molecular formula is C14H16FNS. The van der Waals surface area contributed by atoms with Crippen LogP contribution >= 0.6 is 11.3 Å². The van der Waals surface area contributed by atoms with Crippen molar-refractivity contribution in [2.45, 2.75) is 25.9 Å².